The molecule has 3 aromatic rings. The average molecular weight is 450 g/mol. The number of ether oxygens (including phenoxy) is 1. The van der Waals surface area contributed by atoms with Crippen molar-refractivity contribution < 1.29 is 9.53 Å². The smallest absolute Gasteiger partial charge is 0.268 e. The van der Waals surface area contributed by atoms with Crippen LogP contribution in [0.15, 0.2) is 59.5 Å². The summed E-state index contributed by atoms with van der Waals surface area (Å²) in [4.78, 5) is 14.1. The second-order valence-corrected chi connectivity index (χ2v) is 9.33. The topological polar surface area (TPSA) is 46.5 Å². The number of benzene rings is 2. The predicted molar refractivity (Wildman–Crippen MR) is 130 cm³/mol. The highest BCUT2D eigenvalue weighted by molar-refractivity contribution is 7.97. The van der Waals surface area contributed by atoms with Crippen molar-refractivity contribution in [1.29, 1.82) is 0 Å². The Bertz CT molecular complexity index is 1090. The summed E-state index contributed by atoms with van der Waals surface area (Å²) in [5.41, 5.74) is 5.65. The van der Waals surface area contributed by atoms with E-state index in [1.54, 1.807) is 11.9 Å². The van der Waals surface area contributed by atoms with Crippen molar-refractivity contribution in [2.75, 3.05) is 13.2 Å². The molecule has 0 atom stereocenters. The molecule has 2 heterocycles. The van der Waals surface area contributed by atoms with Crippen LogP contribution in [0.1, 0.15) is 46.2 Å². The molecule has 6 heteroatoms. The van der Waals surface area contributed by atoms with Gasteiger partial charge in [-0.2, -0.15) is 0 Å². The van der Waals surface area contributed by atoms with Gasteiger partial charge in [0, 0.05) is 37.3 Å². The first-order valence-electron chi connectivity index (χ1n) is 11.2. The van der Waals surface area contributed by atoms with Crippen LogP contribution in [-0.4, -0.2) is 27.9 Å². The number of carbonyl (C=O) groups is 1. The molecule has 168 valence electrons. The van der Waals surface area contributed by atoms with Gasteiger partial charge in [0.2, 0.25) is 0 Å². The quantitative estimate of drug-likeness (QED) is 0.485. The van der Waals surface area contributed by atoms with E-state index >= 15 is 0 Å². The van der Waals surface area contributed by atoms with Gasteiger partial charge in [-0.1, -0.05) is 43.3 Å². The van der Waals surface area contributed by atoms with E-state index in [4.69, 9.17) is 4.74 Å². The van der Waals surface area contributed by atoms with Crippen molar-refractivity contribution >= 4 is 17.9 Å². The van der Waals surface area contributed by atoms with E-state index in [-0.39, 0.29) is 5.91 Å². The summed E-state index contributed by atoms with van der Waals surface area (Å²) in [5, 5.41) is 3.06. The minimum absolute atomic E-state index is 0.0636. The fourth-order valence-corrected chi connectivity index (χ4v) is 5.00. The number of hydrogen-bond acceptors (Lipinski definition) is 4. The Morgan fingerprint density at radius 2 is 1.94 bits per heavy atom. The molecule has 1 amide bonds. The van der Waals surface area contributed by atoms with Crippen LogP contribution in [0.5, 0.6) is 5.75 Å². The Morgan fingerprint density at radius 1 is 1.12 bits per heavy atom. The van der Waals surface area contributed by atoms with E-state index in [2.05, 4.69) is 47.7 Å². The second-order valence-electron chi connectivity index (χ2n) is 8.19. The Morgan fingerprint density at radius 3 is 2.75 bits per heavy atom. The van der Waals surface area contributed by atoms with Gasteiger partial charge in [-0.25, -0.2) is 4.31 Å². The molecular weight excluding hydrogens is 418 g/mol. The van der Waals surface area contributed by atoms with Crippen molar-refractivity contribution in [1.82, 2.24) is 14.2 Å². The van der Waals surface area contributed by atoms with E-state index < -0.39 is 0 Å². The number of nitrogens with one attached hydrogen (secondary N) is 1. The lowest BCUT2D eigenvalue weighted by molar-refractivity contribution is 0.0942. The zero-order chi connectivity index (χ0) is 22.5. The van der Waals surface area contributed by atoms with Gasteiger partial charge in [-0.15, -0.1) is 0 Å². The van der Waals surface area contributed by atoms with Crippen molar-refractivity contribution in [3.63, 3.8) is 0 Å². The molecule has 0 radical (unpaired) electrons. The molecule has 1 aromatic heterocycles. The van der Waals surface area contributed by atoms with E-state index in [9.17, 15) is 4.79 Å². The molecule has 0 fully saturated rings. The number of carbonyl (C=O) groups excluding carboxylic acids is 1. The lowest BCUT2D eigenvalue weighted by Gasteiger charge is -2.27. The molecular formula is C26H31N3O2S. The molecule has 1 aliphatic rings. The van der Waals surface area contributed by atoms with Crippen LogP contribution in [0.4, 0.5) is 0 Å². The van der Waals surface area contributed by atoms with Crippen LogP contribution in [-0.2, 0) is 26.6 Å². The summed E-state index contributed by atoms with van der Waals surface area (Å²) in [5.74, 6) is 0.779. The third-order valence-electron chi connectivity index (χ3n) is 5.87. The number of rotatable bonds is 8. The van der Waals surface area contributed by atoms with Crippen molar-refractivity contribution in [3.8, 4) is 5.75 Å². The fraction of sp³-hybridized carbons (Fsp3) is 0.346. The Hall–Kier alpha value is -2.70. The fourth-order valence-electron chi connectivity index (χ4n) is 3.91. The predicted octanol–water partition coefficient (Wildman–Crippen LogP) is 5.12. The van der Waals surface area contributed by atoms with Gasteiger partial charge in [0.15, 0.2) is 0 Å². The molecule has 2 aromatic carbocycles. The summed E-state index contributed by atoms with van der Waals surface area (Å²) in [7, 11) is 1.96. The van der Waals surface area contributed by atoms with Crippen LogP contribution in [0.3, 0.4) is 0 Å². The van der Waals surface area contributed by atoms with E-state index in [0.717, 1.165) is 47.8 Å². The number of hydrogen-bond donors (Lipinski definition) is 1. The van der Waals surface area contributed by atoms with Crippen LogP contribution in [0, 0.1) is 6.92 Å². The van der Waals surface area contributed by atoms with Gasteiger partial charge in [-0.05, 0) is 66.6 Å². The van der Waals surface area contributed by atoms with Gasteiger partial charge in [0.25, 0.3) is 5.91 Å². The lowest BCUT2D eigenvalue weighted by atomic mass is 10.0. The zero-order valence-corrected chi connectivity index (χ0v) is 19.9. The summed E-state index contributed by atoms with van der Waals surface area (Å²) >= 11 is 1.75. The molecule has 0 saturated carbocycles. The molecule has 0 aliphatic carbocycles. The minimum Gasteiger partial charge on any atom is -0.494 e. The molecule has 0 saturated heterocycles. The lowest BCUT2D eigenvalue weighted by Crippen LogP contribution is -2.25. The van der Waals surface area contributed by atoms with Crippen LogP contribution < -0.4 is 10.1 Å². The largest absolute Gasteiger partial charge is 0.494 e. The second kappa shape index (κ2) is 10.3. The molecule has 1 N–H and O–H groups in total. The molecule has 5 nitrogen and oxygen atoms in total. The van der Waals surface area contributed by atoms with Crippen LogP contribution in [0.25, 0.3) is 0 Å². The van der Waals surface area contributed by atoms with Crippen LogP contribution in [0.2, 0.25) is 0 Å². The normalized spacial score (nSPS) is 13.6. The van der Waals surface area contributed by atoms with Gasteiger partial charge in [0.05, 0.1) is 6.61 Å². The van der Waals surface area contributed by atoms with Gasteiger partial charge in [-0.3, -0.25) is 4.79 Å². The molecule has 0 unspecified atom stereocenters. The van der Waals surface area contributed by atoms with Gasteiger partial charge in [0.1, 0.15) is 11.4 Å². The van der Waals surface area contributed by atoms with Gasteiger partial charge < -0.3 is 14.6 Å². The Labute approximate surface area is 194 Å². The summed E-state index contributed by atoms with van der Waals surface area (Å²) in [6.07, 6.45) is 2.03. The molecule has 0 bridgehead atoms. The van der Waals surface area contributed by atoms with Crippen molar-refractivity contribution in [3.05, 3.63) is 82.7 Å². The summed E-state index contributed by atoms with van der Waals surface area (Å²) in [6, 6.07) is 18.6. The van der Waals surface area contributed by atoms with Crippen molar-refractivity contribution in [2.24, 2.45) is 7.05 Å². The first-order valence-corrected chi connectivity index (χ1v) is 12.0. The summed E-state index contributed by atoms with van der Waals surface area (Å²) < 4.78 is 10.1. The molecule has 1 aliphatic heterocycles. The maximum Gasteiger partial charge on any atom is 0.268 e. The third kappa shape index (κ3) is 5.19. The maximum absolute atomic E-state index is 12.9. The van der Waals surface area contributed by atoms with E-state index in [1.807, 2.05) is 41.9 Å². The molecule has 4 rings (SSSR count). The van der Waals surface area contributed by atoms with Crippen molar-refractivity contribution in [2.45, 2.75) is 44.7 Å². The van der Waals surface area contributed by atoms with Gasteiger partial charge >= 0.3 is 0 Å². The number of nitrogens with zero attached hydrogens (tertiary/aromatic N) is 2. The zero-order valence-electron chi connectivity index (χ0n) is 19.1. The minimum atomic E-state index is -0.0636. The number of fused-ring (bicyclic) bond motifs is 1. The SMILES string of the molecule is CCCOc1cccc(CNC(=O)c2cc(SN3CCc4ccccc4C3)c(C)n2C)c1. The highest BCUT2D eigenvalue weighted by Crippen LogP contribution is 2.32. The monoisotopic (exact) mass is 449 g/mol. The highest BCUT2D eigenvalue weighted by Gasteiger charge is 2.21. The molecule has 32 heavy (non-hydrogen) atoms. The number of amides is 1. The first kappa shape index (κ1) is 22.5. The van der Waals surface area contributed by atoms with E-state index in [0.29, 0.717) is 18.8 Å². The Kier molecular flexibility index (Phi) is 7.22. The highest BCUT2D eigenvalue weighted by atomic mass is 32.2. The maximum atomic E-state index is 12.9. The Balaban J connectivity index is 1.39. The van der Waals surface area contributed by atoms with E-state index in [1.165, 1.54) is 11.1 Å². The standard InChI is InChI=1S/C26H31N3O2S/c1-4-14-31-23-11-7-8-20(15-23)17-27-26(30)24-16-25(19(2)28(24)3)32-29-13-12-21-9-5-6-10-22(21)18-29/h5-11,15-16H,4,12-14,17-18H2,1-3H3,(H,27,30). The number of aromatic nitrogens is 1. The third-order valence-corrected chi connectivity index (χ3v) is 7.05. The molecule has 0 spiro atoms. The first-order chi connectivity index (χ1) is 15.5. The van der Waals surface area contributed by atoms with Crippen LogP contribution >= 0.6 is 11.9 Å². The summed E-state index contributed by atoms with van der Waals surface area (Å²) in [6.45, 7) is 7.26. The average Bonchev–Trinajstić information content (AvgIpc) is 3.10.